The molecule has 2 rings (SSSR count). The molecule has 0 fully saturated rings. The number of hydrogen-bond donors (Lipinski definition) is 1. The lowest BCUT2D eigenvalue weighted by molar-refractivity contribution is 0.429. The summed E-state index contributed by atoms with van der Waals surface area (Å²) in [5.41, 5.74) is 5.42. The molecule has 2 aromatic rings. The van der Waals surface area contributed by atoms with Gasteiger partial charge in [-0.05, 0) is 56.5 Å². The van der Waals surface area contributed by atoms with E-state index in [9.17, 15) is 0 Å². The van der Waals surface area contributed by atoms with E-state index < -0.39 is 0 Å². The van der Waals surface area contributed by atoms with Gasteiger partial charge in [-0.15, -0.1) is 0 Å². The summed E-state index contributed by atoms with van der Waals surface area (Å²) in [5, 5.41) is 3.51. The van der Waals surface area contributed by atoms with Crippen LogP contribution in [0.1, 0.15) is 41.0 Å². The van der Waals surface area contributed by atoms with Gasteiger partial charge >= 0.3 is 0 Å². The fourth-order valence-corrected chi connectivity index (χ4v) is 2.38. The van der Waals surface area contributed by atoms with Crippen molar-refractivity contribution in [3.05, 3.63) is 58.5 Å². The highest BCUT2D eigenvalue weighted by molar-refractivity contribution is 5.37. The van der Waals surface area contributed by atoms with Crippen LogP contribution in [-0.4, -0.2) is 0 Å². The molecule has 1 heterocycles. The Bertz CT molecular complexity index is 491. The minimum Gasteiger partial charge on any atom is -0.468 e. The van der Waals surface area contributed by atoms with E-state index in [1.807, 2.05) is 12.1 Å². The molecule has 2 nitrogen and oxygen atoms in total. The molecule has 96 valence electrons. The second kappa shape index (κ2) is 5.40. The quantitative estimate of drug-likeness (QED) is 0.876. The SMILES string of the molecule is Cc1cc(C)c(CN[C@H](C)c2ccco2)c(C)c1. The number of furan rings is 1. The molecule has 0 aliphatic carbocycles. The molecule has 0 saturated heterocycles. The van der Waals surface area contributed by atoms with Crippen LogP contribution in [0.4, 0.5) is 0 Å². The van der Waals surface area contributed by atoms with Crippen molar-refractivity contribution < 1.29 is 4.42 Å². The maximum absolute atomic E-state index is 5.40. The topological polar surface area (TPSA) is 25.2 Å². The van der Waals surface area contributed by atoms with Crippen molar-refractivity contribution in [2.75, 3.05) is 0 Å². The Morgan fingerprint density at radius 1 is 1.17 bits per heavy atom. The fourth-order valence-electron chi connectivity index (χ4n) is 2.38. The Morgan fingerprint density at radius 2 is 1.83 bits per heavy atom. The molecule has 18 heavy (non-hydrogen) atoms. The van der Waals surface area contributed by atoms with E-state index in [2.05, 4.69) is 45.1 Å². The summed E-state index contributed by atoms with van der Waals surface area (Å²) < 4.78 is 5.40. The molecule has 1 N–H and O–H groups in total. The van der Waals surface area contributed by atoms with Crippen molar-refractivity contribution in [2.24, 2.45) is 0 Å². The Morgan fingerprint density at radius 3 is 2.39 bits per heavy atom. The summed E-state index contributed by atoms with van der Waals surface area (Å²) in [6, 6.07) is 8.64. The lowest BCUT2D eigenvalue weighted by Gasteiger charge is -2.15. The van der Waals surface area contributed by atoms with Gasteiger partial charge in [-0.3, -0.25) is 0 Å². The van der Waals surface area contributed by atoms with Crippen LogP contribution in [0, 0.1) is 20.8 Å². The maximum Gasteiger partial charge on any atom is 0.120 e. The number of nitrogens with one attached hydrogen (secondary N) is 1. The molecular formula is C16H21NO. The van der Waals surface area contributed by atoms with Gasteiger partial charge in [-0.25, -0.2) is 0 Å². The van der Waals surface area contributed by atoms with Gasteiger partial charge in [0, 0.05) is 6.54 Å². The molecule has 0 aliphatic rings. The van der Waals surface area contributed by atoms with E-state index in [1.165, 1.54) is 22.3 Å². The second-order valence-electron chi connectivity index (χ2n) is 5.00. The van der Waals surface area contributed by atoms with Crippen LogP contribution in [0.3, 0.4) is 0 Å². The number of hydrogen-bond acceptors (Lipinski definition) is 2. The normalized spacial score (nSPS) is 12.7. The van der Waals surface area contributed by atoms with Crippen LogP contribution >= 0.6 is 0 Å². The minimum absolute atomic E-state index is 0.236. The van der Waals surface area contributed by atoms with E-state index in [4.69, 9.17) is 4.42 Å². The summed E-state index contributed by atoms with van der Waals surface area (Å²) in [7, 11) is 0. The highest BCUT2D eigenvalue weighted by Crippen LogP contribution is 2.18. The Balaban J connectivity index is 2.07. The average Bonchev–Trinajstić information content (AvgIpc) is 2.80. The predicted octanol–water partition coefficient (Wildman–Crippen LogP) is 4.06. The van der Waals surface area contributed by atoms with Gasteiger partial charge in [0.05, 0.1) is 12.3 Å². The zero-order chi connectivity index (χ0) is 13.1. The van der Waals surface area contributed by atoms with Crippen molar-refractivity contribution in [2.45, 2.75) is 40.3 Å². The maximum atomic E-state index is 5.40. The van der Waals surface area contributed by atoms with E-state index in [0.717, 1.165) is 12.3 Å². The molecule has 0 spiro atoms. The highest BCUT2D eigenvalue weighted by atomic mass is 16.3. The third-order valence-electron chi connectivity index (χ3n) is 3.40. The molecule has 1 atom stereocenters. The van der Waals surface area contributed by atoms with Crippen LogP contribution in [-0.2, 0) is 6.54 Å². The zero-order valence-electron chi connectivity index (χ0n) is 11.6. The molecule has 1 aromatic carbocycles. The molecular weight excluding hydrogens is 222 g/mol. The smallest absolute Gasteiger partial charge is 0.120 e. The third kappa shape index (κ3) is 2.82. The van der Waals surface area contributed by atoms with Gasteiger partial charge in [0.15, 0.2) is 0 Å². The van der Waals surface area contributed by atoms with Crippen LogP contribution in [0.5, 0.6) is 0 Å². The number of rotatable bonds is 4. The van der Waals surface area contributed by atoms with E-state index in [-0.39, 0.29) is 6.04 Å². The second-order valence-corrected chi connectivity index (χ2v) is 5.00. The monoisotopic (exact) mass is 243 g/mol. The molecule has 0 unspecified atom stereocenters. The van der Waals surface area contributed by atoms with Gasteiger partial charge in [0.2, 0.25) is 0 Å². The van der Waals surface area contributed by atoms with Crippen molar-refractivity contribution >= 4 is 0 Å². The first-order valence-corrected chi connectivity index (χ1v) is 6.41. The molecule has 0 saturated carbocycles. The largest absolute Gasteiger partial charge is 0.468 e. The summed E-state index contributed by atoms with van der Waals surface area (Å²) >= 11 is 0. The van der Waals surface area contributed by atoms with E-state index >= 15 is 0 Å². The van der Waals surface area contributed by atoms with Gasteiger partial charge in [-0.2, -0.15) is 0 Å². The lowest BCUT2D eigenvalue weighted by Crippen LogP contribution is -2.19. The lowest BCUT2D eigenvalue weighted by atomic mass is 9.99. The van der Waals surface area contributed by atoms with Gasteiger partial charge in [0.1, 0.15) is 5.76 Å². The number of benzene rings is 1. The van der Waals surface area contributed by atoms with Crippen LogP contribution < -0.4 is 5.32 Å². The zero-order valence-corrected chi connectivity index (χ0v) is 11.6. The van der Waals surface area contributed by atoms with Crippen molar-refractivity contribution in [1.29, 1.82) is 0 Å². The average molecular weight is 243 g/mol. The van der Waals surface area contributed by atoms with Crippen LogP contribution in [0.15, 0.2) is 34.9 Å². The Labute approximate surface area is 109 Å². The summed E-state index contributed by atoms with van der Waals surface area (Å²) in [4.78, 5) is 0. The highest BCUT2D eigenvalue weighted by Gasteiger charge is 2.09. The molecule has 0 radical (unpaired) electrons. The van der Waals surface area contributed by atoms with Gasteiger partial charge in [0.25, 0.3) is 0 Å². The van der Waals surface area contributed by atoms with Crippen molar-refractivity contribution in [3.63, 3.8) is 0 Å². The fraction of sp³-hybridized carbons (Fsp3) is 0.375. The minimum atomic E-state index is 0.236. The predicted molar refractivity (Wildman–Crippen MR) is 74.6 cm³/mol. The summed E-state index contributed by atoms with van der Waals surface area (Å²) in [6.07, 6.45) is 1.72. The standard InChI is InChI=1S/C16H21NO/c1-11-8-12(2)15(13(3)9-11)10-17-14(4)16-6-5-7-18-16/h5-9,14,17H,10H2,1-4H3/t14-/m1/s1. The van der Waals surface area contributed by atoms with Gasteiger partial charge in [-0.1, -0.05) is 17.7 Å². The van der Waals surface area contributed by atoms with Crippen molar-refractivity contribution in [1.82, 2.24) is 5.32 Å². The third-order valence-corrected chi connectivity index (χ3v) is 3.40. The first-order chi connectivity index (χ1) is 8.58. The molecule has 1 aromatic heterocycles. The van der Waals surface area contributed by atoms with E-state index in [0.29, 0.717) is 0 Å². The van der Waals surface area contributed by atoms with E-state index in [1.54, 1.807) is 6.26 Å². The molecule has 0 aliphatic heterocycles. The molecule has 2 heteroatoms. The van der Waals surface area contributed by atoms with Gasteiger partial charge < -0.3 is 9.73 Å². The Hall–Kier alpha value is -1.54. The number of aryl methyl sites for hydroxylation is 3. The summed E-state index contributed by atoms with van der Waals surface area (Å²) in [6.45, 7) is 9.49. The first-order valence-electron chi connectivity index (χ1n) is 6.41. The van der Waals surface area contributed by atoms with Crippen molar-refractivity contribution in [3.8, 4) is 0 Å². The Kier molecular flexibility index (Phi) is 3.87. The first kappa shape index (κ1) is 12.9. The van der Waals surface area contributed by atoms with Crippen LogP contribution in [0.2, 0.25) is 0 Å². The summed E-state index contributed by atoms with van der Waals surface area (Å²) in [5.74, 6) is 0.984. The molecule has 0 amide bonds. The molecule has 0 bridgehead atoms. The van der Waals surface area contributed by atoms with Crippen LogP contribution in [0.25, 0.3) is 0 Å².